The molecular formula is C17H21ClNO+. The molecule has 20 heavy (non-hydrogen) atoms. The third-order valence-electron chi connectivity index (χ3n) is 3.28. The van der Waals surface area contributed by atoms with E-state index in [1.807, 2.05) is 54.6 Å². The third-order valence-corrected chi connectivity index (χ3v) is 3.53. The summed E-state index contributed by atoms with van der Waals surface area (Å²) in [6.07, 6.45) is 0. The molecule has 106 valence electrons. The second-order valence-corrected chi connectivity index (χ2v) is 6.62. The largest absolute Gasteiger partial charge is 0.375 e. The first-order chi connectivity index (χ1) is 9.31. The second kappa shape index (κ2) is 5.57. The molecule has 2 nitrogen and oxygen atoms in total. The molecule has 0 spiro atoms. The Hall–Kier alpha value is -1.35. The molecule has 2 aromatic carbocycles. The molecule has 0 saturated carbocycles. The molecule has 1 unspecified atom stereocenters. The van der Waals surface area contributed by atoms with Crippen LogP contribution in [0.2, 0.25) is 5.02 Å². The number of nitrogens with zero attached hydrogens (tertiary/aromatic N) is 1. The van der Waals surface area contributed by atoms with E-state index in [0.717, 1.165) is 11.1 Å². The van der Waals surface area contributed by atoms with Gasteiger partial charge in [0.2, 0.25) is 0 Å². The first-order valence-electron chi connectivity index (χ1n) is 6.66. The fourth-order valence-corrected chi connectivity index (χ4v) is 2.60. The molecule has 1 atom stereocenters. The highest BCUT2D eigenvalue weighted by atomic mass is 35.5. The number of aliphatic hydroxyl groups is 1. The van der Waals surface area contributed by atoms with Crippen molar-refractivity contribution in [2.24, 2.45) is 0 Å². The minimum Gasteiger partial charge on any atom is -0.375 e. The Kier molecular flexibility index (Phi) is 4.19. The van der Waals surface area contributed by atoms with E-state index in [1.165, 1.54) is 0 Å². The summed E-state index contributed by atoms with van der Waals surface area (Å²) in [4.78, 5) is 0. The summed E-state index contributed by atoms with van der Waals surface area (Å²) in [5, 5.41) is 12.0. The molecule has 0 aromatic heterocycles. The molecule has 2 aromatic rings. The highest BCUT2D eigenvalue weighted by Gasteiger charge is 2.37. The Morgan fingerprint density at radius 1 is 0.900 bits per heavy atom. The van der Waals surface area contributed by atoms with Crippen LogP contribution in [0, 0.1) is 0 Å². The summed E-state index contributed by atoms with van der Waals surface area (Å²) >= 11 is 5.96. The summed E-state index contributed by atoms with van der Waals surface area (Å²) in [5.41, 5.74) is 0.737. The van der Waals surface area contributed by atoms with Gasteiger partial charge < -0.3 is 9.59 Å². The fourth-order valence-electron chi connectivity index (χ4n) is 2.48. The highest BCUT2D eigenvalue weighted by Crippen LogP contribution is 2.32. The Bertz CT molecular complexity index is 560. The summed E-state index contributed by atoms with van der Waals surface area (Å²) in [7, 11) is 6.22. The van der Waals surface area contributed by atoms with Crippen molar-refractivity contribution in [1.29, 1.82) is 0 Å². The predicted octanol–water partition coefficient (Wildman–Crippen LogP) is 3.28. The van der Waals surface area contributed by atoms with Crippen LogP contribution >= 0.6 is 11.6 Å². The van der Waals surface area contributed by atoms with Crippen LogP contribution in [0.1, 0.15) is 11.1 Å². The summed E-state index contributed by atoms with van der Waals surface area (Å²) < 4.78 is 0.661. The zero-order valence-corrected chi connectivity index (χ0v) is 12.9. The molecule has 2 rings (SSSR count). The minimum atomic E-state index is -1.02. The molecule has 0 fully saturated rings. The smallest absolute Gasteiger partial charge is 0.163 e. The predicted molar refractivity (Wildman–Crippen MR) is 83.8 cm³/mol. The average molecular weight is 291 g/mol. The molecule has 0 radical (unpaired) electrons. The van der Waals surface area contributed by atoms with E-state index in [1.54, 1.807) is 0 Å². The van der Waals surface area contributed by atoms with Crippen molar-refractivity contribution < 1.29 is 9.59 Å². The van der Waals surface area contributed by atoms with E-state index < -0.39 is 5.60 Å². The zero-order chi connectivity index (χ0) is 14.8. The van der Waals surface area contributed by atoms with E-state index in [-0.39, 0.29) is 0 Å². The maximum absolute atomic E-state index is 11.3. The first-order valence-corrected chi connectivity index (χ1v) is 7.03. The summed E-state index contributed by atoms with van der Waals surface area (Å²) in [6.45, 7) is 0.582. The van der Waals surface area contributed by atoms with Gasteiger partial charge in [0, 0.05) is 5.02 Å². The lowest BCUT2D eigenvalue weighted by atomic mass is 9.85. The van der Waals surface area contributed by atoms with Gasteiger partial charge in [-0.25, -0.2) is 0 Å². The molecule has 3 heteroatoms. The van der Waals surface area contributed by atoms with Crippen LogP contribution in [0.15, 0.2) is 54.6 Å². The van der Waals surface area contributed by atoms with Crippen molar-refractivity contribution in [3.8, 4) is 0 Å². The molecule has 0 saturated heterocycles. The number of likely N-dealkylation sites (N-methyl/N-ethyl adjacent to an activating group) is 1. The SMILES string of the molecule is C[N+](C)(C)CC(O)(c1ccccc1)c1ccc(Cl)cc1. The standard InChI is InChI=1S/C17H21ClNO/c1-19(2,3)13-17(20,14-7-5-4-6-8-14)15-9-11-16(18)12-10-15/h4-12,20H,13H2,1-3H3/q+1. The number of benzene rings is 2. The van der Waals surface area contributed by atoms with Gasteiger partial charge in [-0.05, 0) is 23.3 Å². The maximum atomic E-state index is 11.3. The van der Waals surface area contributed by atoms with Gasteiger partial charge in [0.15, 0.2) is 5.60 Å². The number of halogens is 1. The lowest BCUT2D eigenvalue weighted by Gasteiger charge is -2.36. The average Bonchev–Trinajstić information content (AvgIpc) is 2.38. The summed E-state index contributed by atoms with van der Waals surface area (Å²) in [6, 6.07) is 17.2. The molecule has 0 bridgehead atoms. The van der Waals surface area contributed by atoms with Crippen LogP contribution in [0.25, 0.3) is 0 Å². The van der Waals surface area contributed by atoms with Crippen molar-refractivity contribution >= 4 is 11.6 Å². The Morgan fingerprint density at radius 2 is 1.40 bits per heavy atom. The van der Waals surface area contributed by atoms with Gasteiger partial charge >= 0.3 is 0 Å². The molecular weight excluding hydrogens is 270 g/mol. The van der Waals surface area contributed by atoms with Crippen molar-refractivity contribution in [3.63, 3.8) is 0 Å². The normalized spacial score (nSPS) is 14.8. The topological polar surface area (TPSA) is 20.2 Å². The number of hydrogen-bond donors (Lipinski definition) is 1. The number of quaternary nitrogens is 1. The lowest BCUT2D eigenvalue weighted by molar-refractivity contribution is -0.877. The zero-order valence-electron chi connectivity index (χ0n) is 12.2. The van der Waals surface area contributed by atoms with E-state index in [2.05, 4.69) is 21.1 Å². The van der Waals surface area contributed by atoms with Crippen LogP contribution in [-0.2, 0) is 5.60 Å². The third kappa shape index (κ3) is 3.40. The Balaban J connectivity index is 2.52. The maximum Gasteiger partial charge on any atom is 0.163 e. The Morgan fingerprint density at radius 3 is 1.90 bits per heavy atom. The minimum absolute atomic E-state index is 0.582. The number of hydrogen-bond acceptors (Lipinski definition) is 1. The van der Waals surface area contributed by atoms with Gasteiger partial charge in [-0.1, -0.05) is 54.1 Å². The van der Waals surface area contributed by atoms with E-state index in [9.17, 15) is 5.11 Å². The van der Waals surface area contributed by atoms with Crippen molar-refractivity contribution in [2.75, 3.05) is 27.7 Å². The van der Waals surface area contributed by atoms with Gasteiger partial charge in [0.25, 0.3) is 0 Å². The highest BCUT2D eigenvalue weighted by molar-refractivity contribution is 6.30. The van der Waals surface area contributed by atoms with Crippen LogP contribution in [0.5, 0.6) is 0 Å². The Labute approximate surface area is 125 Å². The van der Waals surface area contributed by atoms with E-state index >= 15 is 0 Å². The van der Waals surface area contributed by atoms with Gasteiger partial charge in [0.1, 0.15) is 6.54 Å². The van der Waals surface area contributed by atoms with Gasteiger partial charge in [-0.3, -0.25) is 0 Å². The lowest BCUT2D eigenvalue weighted by Crippen LogP contribution is -2.48. The van der Waals surface area contributed by atoms with Gasteiger partial charge in [-0.2, -0.15) is 0 Å². The van der Waals surface area contributed by atoms with Crippen LogP contribution < -0.4 is 0 Å². The molecule has 0 heterocycles. The summed E-state index contributed by atoms with van der Waals surface area (Å²) in [5.74, 6) is 0. The van der Waals surface area contributed by atoms with Crippen LogP contribution in [-0.4, -0.2) is 37.3 Å². The van der Waals surface area contributed by atoms with Crippen LogP contribution in [0.3, 0.4) is 0 Å². The second-order valence-electron chi connectivity index (χ2n) is 6.18. The van der Waals surface area contributed by atoms with Gasteiger partial charge in [0.05, 0.1) is 21.1 Å². The molecule has 0 aliphatic rings. The quantitative estimate of drug-likeness (QED) is 0.857. The fraction of sp³-hybridized carbons (Fsp3) is 0.294. The molecule has 0 aliphatic carbocycles. The van der Waals surface area contributed by atoms with Crippen molar-refractivity contribution in [2.45, 2.75) is 5.60 Å². The van der Waals surface area contributed by atoms with Gasteiger partial charge in [-0.15, -0.1) is 0 Å². The molecule has 0 aliphatic heterocycles. The molecule has 0 amide bonds. The first kappa shape index (κ1) is 15.0. The van der Waals surface area contributed by atoms with Crippen molar-refractivity contribution in [1.82, 2.24) is 0 Å². The van der Waals surface area contributed by atoms with E-state index in [0.29, 0.717) is 16.1 Å². The van der Waals surface area contributed by atoms with Crippen molar-refractivity contribution in [3.05, 3.63) is 70.7 Å². The van der Waals surface area contributed by atoms with E-state index in [4.69, 9.17) is 11.6 Å². The number of rotatable bonds is 4. The monoisotopic (exact) mass is 290 g/mol. The molecule has 1 N–H and O–H groups in total. The van der Waals surface area contributed by atoms with Crippen LogP contribution in [0.4, 0.5) is 0 Å².